The number of urea groups is 1. The number of aryl methyl sites for hydroxylation is 1. The summed E-state index contributed by atoms with van der Waals surface area (Å²) in [6.45, 7) is 10.3. The average molecular weight is 303 g/mol. The van der Waals surface area contributed by atoms with Crippen molar-refractivity contribution in [2.24, 2.45) is 0 Å². The lowest BCUT2D eigenvalue weighted by molar-refractivity contribution is -0.128. The Bertz CT molecular complexity index is 576. The van der Waals surface area contributed by atoms with Crippen LogP contribution in [0.15, 0.2) is 24.3 Å². The fraction of sp³-hybridized carbons (Fsp3) is 0.529. The van der Waals surface area contributed by atoms with Crippen LogP contribution in [0, 0.1) is 6.92 Å². The lowest BCUT2D eigenvalue weighted by atomic mass is 9.96. The molecule has 22 heavy (non-hydrogen) atoms. The molecule has 1 aromatic carbocycles. The molecule has 1 heterocycles. The zero-order chi connectivity index (χ0) is 16.5. The van der Waals surface area contributed by atoms with E-state index in [2.05, 4.69) is 10.6 Å². The molecule has 5 nitrogen and oxygen atoms in total. The van der Waals surface area contributed by atoms with Crippen molar-refractivity contribution in [2.45, 2.75) is 52.1 Å². The Morgan fingerprint density at radius 2 is 1.73 bits per heavy atom. The summed E-state index contributed by atoms with van der Waals surface area (Å²) in [6.07, 6.45) is 0.289. The monoisotopic (exact) mass is 303 g/mol. The highest BCUT2D eigenvalue weighted by Gasteiger charge is 2.39. The number of hydrogen-bond donors (Lipinski definition) is 2. The number of carbonyl (C=O) groups excluding carboxylic acids is 2. The van der Waals surface area contributed by atoms with Gasteiger partial charge in [-0.1, -0.05) is 17.7 Å². The van der Waals surface area contributed by atoms with Gasteiger partial charge < -0.3 is 10.6 Å². The van der Waals surface area contributed by atoms with Crippen molar-refractivity contribution >= 4 is 17.6 Å². The SMILES string of the molecule is Cc1ccc(NC(=O)N2CC(C)(C)NC(C)(C)CC2=O)cc1. The number of carbonyl (C=O) groups is 2. The summed E-state index contributed by atoms with van der Waals surface area (Å²) >= 11 is 0. The standard InChI is InChI=1S/C17H25N3O2/c1-12-6-8-13(9-7-12)18-15(22)20-11-17(4,5)19-16(2,3)10-14(20)21/h6-9,19H,10-11H2,1-5H3,(H,18,22). The van der Waals surface area contributed by atoms with Crippen molar-refractivity contribution in [3.63, 3.8) is 0 Å². The molecule has 0 spiro atoms. The lowest BCUT2D eigenvalue weighted by Gasteiger charge is -2.34. The first-order valence-corrected chi connectivity index (χ1v) is 7.55. The van der Waals surface area contributed by atoms with Gasteiger partial charge in [-0.3, -0.25) is 9.69 Å². The van der Waals surface area contributed by atoms with Crippen molar-refractivity contribution in [3.8, 4) is 0 Å². The summed E-state index contributed by atoms with van der Waals surface area (Å²) < 4.78 is 0. The predicted octanol–water partition coefficient (Wildman–Crippen LogP) is 2.91. The van der Waals surface area contributed by atoms with E-state index < -0.39 is 0 Å². The van der Waals surface area contributed by atoms with E-state index >= 15 is 0 Å². The van der Waals surface area contributed by atoms with Crippen LogP contribution in [-0.4, -0.2) is 34.5 Å². The molecular formula is C17H25N3O2. The molecule has 5 heteroatoms. The third-order valence-electron chi connectivity index (χ3n) is 3.67. The van der Waals surface area contributed by atoms with E-state index in [1.807, 2.05) is 58.9 Å². The van der Waals surface area contributed by atoms with E-state index in [1.54, 1.807) is 0 Å². The number of imide groups is 1. The summed E-state index contributed by atoms with van der Waals surface area (Å²) in [4.78, 5) is 26.2. The molecule has 0 atom stereocenters. The second-order valence-corrected chi connectivity index (χ2v) is 7.35. The molecule has 2 rings (SSSR count). The summed E-state index contributed by atoms with van der Waals surface area (Å²) in [5, 5.41) is 6.24. The van der Waals surface area contributed by atoms with Gasteiger partial charge in [0.1, 0.15) is 0 Å². The lowest BCUT2D eigenvalue weighted by Crippen LogP contribution is -2.54. The molecule has 0 unspecified atom stereocenters. The molecule has 0 aliphatic carbocycles. The summed E-state index contributed by atoms with van der Waals surface area (Å²) in [5.74, 6) is -0.160. The zero-order valence-corrected chi connectivity index (χ0v) is 14.0. The first kappa shape index (κ1) is 16.5. The van der Waals surface area contributed by atoms with E-state index in [1.165, 1.54) is 4.90 Å². The van der Waals surface area contributed by atoms with Crippen LogP contribution in [0.5, 0.6) is 0 Å². The van der Waals surface area contributed by atoms with Crippen LogP contribution in [0.25, 0.3) is 0 Å². The molecular weight excluding hydrogens is 278 g/mol. The van der Waals surface area contributed by atoms with E-state index in [0.717, 1.165) is 5.56 Å². The van der Waals surface area contributed by atoms with Crippen LogP contribution in [0.2, 0.25) is 0 Å². The Labute approximate surface area is 132 Å². The van der Waals surface area contributed by atoms with Gasteiger partial charge in [-0.05, 0) is 46.8 Å². The van der Waals surface area contributed by atoms with Gasteiger partial charge >= 0.3 is 6.03 Å². The van der Waals surface area contributed by atoms with Gasteiger partial charge in [-0.2, -0.15) is 0 Å². The molecule has 0 radical (unpaired) electrons. The van der Waals surface area contributed by atoms with E-state index in [4.69, 9.17) is 0 Å². The minimum Gasteiger partial charge on any atom is -0.307 e. The number of hydrogen-bond acceptors (Lipinski definition) is 3. The summed E-state index contributed by atoms with van der Waals surface area (Å²) in [5.41, 5.74) is 1.15. The summed E-state index contributed by atoms with van der Waals surface area (Å²) in [6, 6.07) is 7.15. The molecule has 0 aromatic heterocycles. The fourth-order valence-electron chi connectivity index (χ4n) is 2.97. The molecule has 1 saturated heterocycles. The predicted molar refractivity (Wildman–Crippen MR) is 87.8 cm³/mol. The third kappa shape index (κ3) is 4.07. The van der Waals surface area contributed by atoms with E-state index in [-0.39, 0.29) is 29.4 Å². The summed E-state index contributed by atoms with van der Waals surface area (Å²) in [7, 11) is 0. The van der Waals surface area contributed by atoms with Crippen molar-refractivity contribution in [1.29, 1.82) is 0 Å². The molecule has 1 fully saturated rings. The Balaban J connectivity index is 2.17. The van der Waals surface area contributed by atoms with Crippen LogP contribution < -0.4 is 10.6 Å². The average Bonchev–Trinajstić information content (AvgIpc) is 2.44. The van der Waals surface area contributed by atoms with Gasteiger partial charge in [0.05, 0.1) is 0 Å². The van der Waals surface area contributed by atoms with Crippen LogP contribution in [0.4, 0.5) is 10.5 Å². The van der Waals surface area contributed by atoms with Gasteiger partial charge in [0, 0.05) is 29.7 Å². The molecule has 0 saturated carbocycles. The van der Waals surface area contributed by atoms with Gasteiger partial charge in [0.15, 0.2) is 0 Å². The van der Waals surface area contributed by atoms with Crippen molar-refractivity contribution in [2.75, 3.05) is 11.9 Å². The Morgan fingerprint density at radius 1 is 1.14 bits per heavy atom. The second kappa shape index (κ2) is 5.72. The van der Waals surface area contributed by atoms with Crippen molar-refractivity contribution in [3.05, 3.63) is 29.8 Å². The maximum Gasteiger partial charge on any atom is 0.328 e. The maximum absolute atomic E-state index is 12.5. The molecule has 3 amide bonds. The van der Waals surface area contributed by atoms with Gasteiger partial charge in [-0.15, -0.1) is 0 Å². The Hall–Kier alpha value is -1.88. The van der Waals surface area contributed by atoms with Crippen LogP contribution >= 0.6 is 0 Å². The number of nitrogens with zero attached hydrogens (tertiary/aromatic N) is 1. The fourth-order valence-corrected chi connectivity index (χ4v) is 2.97. The minimum absolute atomic E-state index is 0.160. The molecule has 1 aliphatic rings. The smallest absolute Gasteiger partial charge is 0.307 e. The number of anilines is 1. The Kier molecular flexibility index (Phi) is 4.29. The quantitative estimate of drug-likeness (QED) is 0.838. The largest absolute Gasteiger partial charge is 0.328 e. The first-order valence-electron chi connectivity index (χ1n) is 7.55. The number of nitrogens with one attached hydrogen (secondary N) is 2. The minimum atomic E-state index is -0.374. The highest BCUT2D eigenvalue weighted by Crippen LogP contribution is 2.23. The third-order valence-corrected chi connectivity index (χ3v) is 3.67. The van der Waals surface area contributed by atoms with Crippen molar-refractivity contribution < 1.29 is 9.59 Å². The maximum atomic E-state index is 12.5. The molecule has 2 N–H and O–H groups in total. The molecule has 120 valence electrons. The molecule has 0 bridgehead atoms. The van der Waals surface area contributed by atoms with Crippen LogP contribution in [-0.2, 0) is 4.79 Å². The first-order chi connectivity index (χ1) is 10.1. The van der Waals surface area contributed by atoms with E-state index in [0.29, 0.717) is 12.2 Å². The Morgan fingerprint density at radius 3 is 2.32 bits per heavy atom. The topological polar surface area (TPSA) is 61.4 Å². The molecule has 1 aromatic rings. The highest BCUT2D eigenvalue weighted by molar-refractivity contribution is 6.01. The zero-order valence-electron chi connectivity index (χ0n) is 14.0. The number of amides is 3. The van der Waals surface area contributed by atoms with Gasteiger partial charge in [0.2, 0.25) is 5.91 Å². The van der Waals surface area contributed by atoms with Gasteiger partial charge in [-0.25, -0.2) is 4.79 Å². The highest BCUT2D eigenvalue weighted by atomic mass is 16.2. The molecule has 1 aliphatic heterocycles. The van der Waals surface area contributed by atoms with Crippen molar-refractivity contribution in [1.82, 2.24) is 10.2 Å². The number of rotatable bonds is 1. The van der Waals surface area contributed by atoms with Crippen LogP contribution in [0.3, 0.4) is 0 Å². The number of benzene rings is 1. The second-order valence-electron chi connectivity index (χ2n) is 7.35. The van der Waals surface area contributed by atoms with Gasteiger partial charge in [0.25, 0.3) is 0 Å². The van der Waals surface area contributed by atoms with E-state index in [9.17, 15) is 9.59 Å². The van der Waals surface area contributed by atoms with Crippen LogP contribution in [0.1, 0.15) is 39.7 Å². The normalized spacial score (nSPS) is 20.4.